The number of hydrogen-bond donors (Lipinski definition) is 1. The first kappa shape index (κ1) is 16.5. The van der Waals surface area contributed by atoms with E-state index in [0.717, 1.165) is 36.9 Å². The molecule has 1 unspecified atom stereocenters. The molecule has 0 spiro atoms. The second kappa shape index (κ2) is 6.90. The summed E-state index contributed by atoms with van der Waals surface area (Å²) in [7, 11) is -3.37. The van der Waals surface area contributed by atoms with Crippen molar-refractivity contribution >= 4 is 10.0 Å². The van der Waals surface area contributed by atoms with Gasteiger partial charge in [-0.3, -0.25) is 0 Å². The average molecular weight is 310 g/mol. The van der Waals surface area contributed by atoms with Crippen molar-refractivity contribution in [3.63, 3.8) is 0 Å². The Balaban J connectivity index is 2.34. The van der Waals surface area contributed by atoms with E-state index >= 15 is 0 Å². The molecule has 1 aliphatic heterocycles. The van der Waals surface area contributed by atoms with Crippen LogP contribution in [0.2, 0.25) is 0 Å². The first-order valence-corrected chi connectivity index (χ1v) is 9.26. The number of hydrogen-bond acceptors (Lipinski definition) is 3. The van der Waals surface area contributed by atoms with Crippen molar-refractivity contribution in [1.29, 1.82) is 0 Å². The van der Waals surface area contributed by atoms with E-state index in [0.29, 0.717) is 18.0 Å². The third kappa shape index (κ3) is 3.47. The molecule has 1 N–H and O–H groups in total. The van der Waals surface area contributed by atoms with Gasteiger partial charge in [0.05, 0.1) is 4.90 Å². The lowest BCUT2D eigenvalue weighted by molar-refractivity contribution is 0.379. The lowest BCUT2D eigenvalue weighted by Crippen LogP contribution is -2.35. The van der Waals surface area contributed by atoms with Crippen molar-refractivity contribution in [3.05, 3.63) is 29.3 Å². The highest BCUT2D eigenvalue weighted by Crippen LogP contribution is 2.29. The van der Waals surface area contributed by atoms with Crippen LogP contribution in [0.3, 0.4) is 0 Å². The van der Waals surface area contributed by atoms with Gasteiger partial charge in [0.25, 0.3) is 0 Å². The van der Waals surface area contributed by atoms with Crippen molar-refractivity contribution < 1.29 is 8.42 Å². The zero-order valence-electron chi connectivity index (χ0n) is 13.2. The molecule has 1 fully saturated rings. The molecule has 4 nitrogen and oxygen atoms in total. The fraction of sp³-hybridized carbons (Fsp3) is 0.625. The zero-order chi connectivity index (χ0) is 15.5. The maximum atomic E-state index is 13.0. The molecule has 118 valence electrons. The molecule has 0 aliphatic carbocycles. The molecule has 1 heterocycles. The molecule has 0 aromatic heterocycles. The van der Waals surface area contributed by atoms with Crippen LogP contribution in [-0.2, 0) is 16.6 Å². The summed E-state index contributed by atoms with van der Waals surface area (Å²) in [6, 6.07) is 5.90. The Morgan fingerprint density at radius 2 is 2.10 bits per heavy atom. The number of sulfonamides is 1. The normalized spacial score (nSPS) is 20.0. The van der Waals surface area contributed by atoms with Crippen LogP contribution >= 0.6 is 0 Å². The van der Waals surface area contributed by atoms with Gasteiger partial charge in [-0.25, -0.2) is 8.42 Å². The van der Waals surface area contributed by atoms with Crippen LogP contribution in [0.1, 0.15) is 44.2 Å². The van der Waals surface area contributed by atoms with Gasteiger partial charge in [-0.05, 0) is 49.9 Å². The highest BCUT2D eigenvalue weighted by molar-refractivity contribution is 7.89. The summed E-state index contributed by atoms with van der Waals surface area (Å²) in [6.45, 7) is 8.21. The van der Waals surface area contributed by atoms with Gasteiger partial charge in [0, 0.05) is 19.1 Å². The topological polar surface area (TPSA) is 49.4 Å². The number of benzene rings is 1. The van der Waals surface area contributed by atoms with Crippen molar-refractivity contribution in [3.8, 4) is 0 Å². The third-order valence-corrected chi connectivity index (χ3v) is 6.31. The molecule has 1 saturated heterocycles. The Kier molecular flexibility index (Phi) is 5.41. The minimum absolute atomic E-state index is 0.159. The molecule has 0 radical (unpaired) electrons. The van der Waals surface area contributed by atoms with E-state index in [2.05, 4.69) is 12.2 Å². The van der Waals surface area contributed by atoms with Gasteiger partial charge in [-0.1, -0.05) is 26.0 Å². The van der Waals surface area contributed by atoms with Gasteiger partial charge in [0.2, 0.25) is 10.0 Å². The van der Waals surface area contributed by atoms with Crippen LogP contribution in [0.4, 0.5) is 0 Å². The van der Waals surface area contributed by atoms with E-state index in [1.165, 1.54) is 0 Å². The first-order valence-electron chi connectivity index (χ1n) is 7.82. The van der Waals surface area contributed by atoms with Gasteiger partial charge in [0.15, 0.2) is 0 Å². The van der Waals surface area contributed by atoms with E-state index < -0.39 is 10.0 Å². The summed E-state index contributed by atoms with van der Waals surface area (Å²) in [6.07, 6.45) is 2.83. The highest BCUT2D eigenvalue weighted by atomic mass is 32.2. The van der Waals surface area contributed by atoms with Gasteiger partial charge in [-0.2, -0.15) is 4.31 Å². The van der Waals surface area contributed by atoms with E-state index in [-0.39, 0.29) is 6.04 Å². The summed E-state index contributed by atoms with van der Waals surface area (Å²) < 4.78 is 27.6. The fourth-order valence-electron chi connectivity index (χ4n) is 2.96. The molecule has 1 atom stereocenters. The maximum absolute atomic E-state index is 13.0. The summed E-state index contributed by atoms with van der Waals surface area (Å²) in [5.74, 6) is 0. The molecular weight excluding hydrogens is 284 g/mol. The quantitative estimate of drug-likeness (QED) is 0.879. The Hall–Kier alpha value is -0.910. The van der Waals surface area contributed by atoms with Crippen LogP contribution in [0.15, 0.2) is 23.1 Å². The van der Waals surface area contributed by atoms with Gasteiger partial charge in [0.1, 0.15) is 0 Å². The fourth-order valence-corrected chi connectivity index (χ4v) is 5.01. The molecule has 1 aromatic rings. The Labute approximate surface area is 128 Å². The SMILES string of the molecule is CCNCc1ccc(C)c(S(=O)(=O)N2CCCC2CC)c1. The lowest BCUT2D eigenvalue weighted by Gasteiger charge is -2.24. The third-order valence-electron chi connectivity index (χ3n) is 4.21. The number of nitrogens with zero attached hydrogens (tertiary/aromatic N) is 1. The molecule has 0 saturated carbocycles. The maximum Gasteiger partial charge on any atom is 0.243 e. The predicted molar refractivity (Wildman–Crippen MR) is 85.8 cm³/mol. The van der Waals surface area contributed by atoms with Crippen molar-refractivity contribution in [1.82, 2.24) is 9.62 Å². The molecule has 5 heteroatoms. The minimum atomic E-state index is -3.37. The summed E-state index contributed by atoms with van der Waals surface area (Å²) in [5.41, 5.74) is 1.85. The van der Waals surface area contributed by atoms with Gasteiger partial charge in [-0.15, -0.1) is 0 Å². The molecular formula is C16H26N2O2S. The predicted octanol–water partition coefficient (Wildman–Crippen LogP) is 2.67. The smallest absolute Gasteiger partial charge is 0.243 e. The highest BCUT2D eigenvalue weighted by Gasteiger charge is 2.34. The standard InChI is InChI=1S/C16H26N2O2S/c1-4-15-7-6-10-18(15)21(19,20)16-11-14(12-17-5-2)9-8-13(16)3/h8-9,11,15,17H,4-7,10,12H2,1-3H3. The minimum Gasteiger partial charge on any atom is -0.313 e. The molecule has 1 aliphatic rings. The summed E-state index contributed by atoms with van der Waals surface area (Å²) >= 11 is 0. The van der Waals surface area contributed by atoms with E-state index in [4.69, 9.17) is 0 Å². The van der Waals surface area contributed by atoms with Crippen molar-refractivity contribution in [2.24, 2.45) is 0 Å². The van der Waals surface area contributed by atoms with Gasteiger partial charge >= 0.3 is 0 Å². The number of rotatable bonds is 6. The van der Waals surface area contributed by atoms with Crippen LogP contribution in [0.25, 0.3) is 0 Å². The molecule has 1 aromatic carbocycles. The molecule has 2 rings (SSSR count). The molecule has 21 heavy (non-hydrogen) atoms. The van der Waals surface area contributed by atoms with Crippen LogP contribution in [0, 0.1) is 6.92 Å². The monoisotopic (exact) mass is 310 g/mol. The van der Waals surface area contributed by atoms with Crippen LogP contribution in [0.5, 0.6) is 0 Å². The summed E-state index contributed by atoms with van der Waals surface area (Å²) in [5, 5.41) is 3.24. The molecule has 0 amide bonds. The van der Waals surface area contributed by atoms with Crippen molar-refractivity contribution in [2.45, 2.75) is 57.5 Å². The Morgan fingerprint density at radius 1 is 1.33 bits per heavy atom. The largest absolute Gasteiger partial charge is 0.313 e. The van der Waals surface area contributed by atoms with E-state index in [1.54, 1.807) is 4.31 Å². The first-order chi connectivity index (χ1) is 10.0. The average Bonchev–Trinajstić information content (AvgIpc) is 2.95. The van der Waals surface area contributed by atoms with E-state index in [1.807, 2.05) is 32.0 Å². The summed E-state index contributed by atoms with van der Waals surface area (Å²) in [4.78, 5) is 0.471. The Bertz CT molecular complexity index is 584. The molecule has 0 bridgehead atoms. The van der Waals surface area contributed by atoms with E-state index in [9.17, 15) is 8.42 Å². The van der Waals surface area contributed by atoms with Crippen molar-refractivity contribution in [2.75, 3.05) is 13.1 Å². The van der Waals surface area contributed by atoms with Crippen LogP contribution < -0.4 is 5.32 Å². The second-order valence-corrected chi connectivity index (χ2v) is 7.56. The van der Waals surface area contributed by atoms with Gasteiger partial charge < -0.3 is 5.32 Å². The van der Waals surface area contributed by atoms with Crippen LogP contribution in [-0.4, -0.2) is 31.9 Å². The number of aryl methyl sites for hydroxylation is 1. The zero-order valence-corrected chi connectivity index (χ0v) is 14.0. The second-order valence-electron chi connectivity index (χ2n) is 5.70. The lowest BCUT2D eigenvalue weighted by atomic mass is 10.1. The Morgan fingerprint density at radius 3 is 2.76 bits per heavy atom. The number of nitrogens with one attached hydrogen (secondary N) is 1.